The molecule has 1 aliphatic rings. The Morgan fingerprint density at radius 3 is 2.86 bits per heavy atom. The van der Waals surface area contributed by atoms with E-state index in [0.29, 0.717) is 19.2 Å². The van der Waals surface area contributed by atoms with Gasteiger partial charge in [0, 0.05) is 33.3 Å². The Morgan fingerprint density at radius 1 is 1.32 bits per heavy atom. The first-order valence-electron chi connectivity index (χ1n) is 10.0. The lowest BCUT2D eigenvalue weighted by Gasteiger charge is -2.30. The highest BCUT2D eigenvalue weighted by molar-refractivity contribution is 7.89. The van der Waals surface area contributed by atoms with Crippen LogP contribution in [-0.2, 0) is 21.3 Å². The summed E-state index contributed by atoms with van der Waals surface area (Å²) in [5.41, 5.74) is 0.882. The second-order valence-corrected chi connectivity index (χ2v) is 9.01. The van der Waals surface area contributed by atoms with Gasteiger partial charge in [0.05, 0.1) is 11.5 Å². The number of nitrogens with zero attached hydrogens (tertiary/aromatic N) is 1. The molecule has 2 rings (SSSR count). The predicted molar refractivity (Wildman–Crippen MR) is 113 cm³/mol. The summed E-state index contributed by atoms with van der Waals surface area (Å²) in [7, 11) is -0.236. The average molecular weight is 411 g/mol. The van der Waals surface area contributed by atoms with Crippen LogP contribution in [0.4, 0.5) is 0 Å². The molecule has 8 heteroatoms. The molecular formula is C20H34N4O3S. The summed E-state index contributed by atoms with van der Waals surface area (Å²) >= 11 is 0. The van der Waals surface area contributed by atoms with Crippen LogP contribution in [0.2, 0.25) is 0 Å². The predicted octanol–water partition coefficient (Wildman–Crippen LogP) is 2.25. The van der Waals surface area contributed by atoms with Crippen LogP contribution in [0.5, 0.6) is 0 Å². The molecule has 0 spiro atoms. The summed E-state index contributed by atoms with van der Waals surface area (Å²) in [6.07, 6.45) is 6.14. The van der Waals surface area contributed by atoms with Crippen molar-refractivity contribution in [2.75, 3.05) is 27.3 Å². The van der Waals surface area contributed by atoms with Crippen LogP contribution in [0.25, 0.3) is 0 Å². The van der Waals surface area contributed by atoms with Crippen LogP contribution in [0, 0.1) is 5.92 Å². The van der Waals surface area contributed by atoms with E-state index in [1.165, 1.54) is 32.8 Å². The minimum Gasteiger partial charge on any atom is -0.383 e. The molecule has 1 aliphatic carbocycles. The first-order valence-corrected chi connectivity index (χ1v) is 11.5. The molecular weight excluding hydrogens is 376 g/mol. The molecule has 0 radical (unpaired) electrons. The smallest absolute Gasteiger partial charge is 0.240 e. The van der Waals surface area contributed by atoms with E-state index in [4.69, 9.17) is 4.74 Å². The van der Waals surface area contributed by atoms with Crippen LogP contribution in [0.3, 0.4) is 0 Å². The van der Waals surface area contributed by atoms with E-state index < -0.39 is 10.0 Å². The van der Waals surface area contributed by atoms with E-state index in [1.54, 1.807) is 25.2 Å². The third kappa shape index (κ3) is 7.07. The second kappa shape index (κ2) is 11.4. The number of aliphatic imine (C=N–C) groups is 1. The fraction of sp³-hybridized carbons (Fsp3) is 0.650. The summed E-state index contributed by atoms with van der Waals surface area (Å²) in [5, 5.41) is 6.81. The Labute approximate surface area is 169 Å². The summed E-state index contributed by atoms with van der Waals surface area (Å²) in [4.78, 5) is 4.57. The highest BCUT2D eigenvalue weighted by atomic mass is 32.2. The Hall–Kier alpha value is -1.64. The van der Waals surface area contributed by atoms with Crippen LogP contribution in [0.15, 0.2) is 34.2 Å². The van der Waals surface area contributed by atoms with Gasteiger partial charge in [-0.25, -0.2) is 13.1 Å². The summed E-state index contributed by atoms with van der Waals surface area (Å²) in [6.45, 7) is 3.34. The van der Waals surface area contributed by atoms with Crippen molar-refractivity contribution in [3.8, 4) is 0 Å². The van der Waals surface area contributed by atoms with Gasteiger partial charge >= 0.3 is 0 Å². The number of hydrogen-bond donors (Lipinski definition) is 3. The van der Waals surface area contributed by atoms with Crippen LogP contribution in [0.1, 0.15) is 44.6 Å². The van der Waals surface area contributed by atoms with E-state index in [0.717, 1.165) is 23.9 Å². The number of benzene rings is 1. The number of methoxy groups -OCH3 is 1. The molecule has 0 amide bonds. The molecule has 1 aromatic rings. The largest absolute Gasteiger partial charge is 0.383 e. The van der Waals surface area contributed by atoms with Crippen molar-refractivity contribution in [3.05, 3.63) is 29.8 Å². The number of nitrogens with one attached hydrogen (secondary N) is 3. The lowest BCUT2D eigenvalue weighted by atomic mass is 9.84. The van der Waals surface area contributed by atoms with Gasteiger partial charge in [0.2, 0.25) is 10.0 Å². The van der Waals surface area contributed by atoms with Crippen molar-refractivity contribution in [1.82, 2.24) is 15.4 Å². The second-order valence-electron chi connectivity index (χ2n) is 7.25. The van der Waals surface area contributed by atoms with Crippen molar-refractivity contribution in [1.29, 1.82) is 0 Å². The molecule has 0 bridgehead atoms. The van der Waals surface area contributed by atoms with E-state index in [-0.39, 0.29) is 11.4 Å². The molecule has 1 saturated carbocycles. The summed E-state index contributed by atoms with van der Waals surface area (Å²) < 4.78 is 32.1. The van der Waals surface area contributed by atoms with Gasteiger partial charge < -0.3 is 15.4 Å². The first kappa shape index (κ1) is 22.6. The number of ether oxygens (including phenoxy) is 1. The highest BCUT2D eigenvalue weighted by Crippen LogP contribution is 2.26. The maximum absolute atomic E-state index is 12.4. The zero-order chi connectivity index (χ0) is 20.4. The molecule has 0 heterocycles. The standard InChI is InChI=1S/C20H34N4O3S/c1-4-16-7-5-9-18(13-16)24-20(21-2)22-15-17-8-6-10-19(14-17)28(25,26)23-11-12-27-3/h6,8,10,14,16,18,23H,4-5,7,9,11-13,15H2,1-3H3,(H2,21,22,24). The fourth-order valence-corrected chi connectivity index (χ4v) is 4.63. The minimum atomic E-state index is -3.53. The van der Waals surface area contributed by atoms with Gasteiger partial charge in [-0.3, -0.25) is 4.99 Å². The van der Waals surface area contributed by atoms with Gasteiger partial charge in [0.15, 0.2) is 5.96 Å². The third-order valence-electron chi connectivity index (χ3n) is 5.19. The van der Waals surface area contributed by atoms with Crippen LogP contribution >= 0.6 is 0 Å². The zero-order valence-electron chi connectivity index (χ0n) is 17.2. The van der Waals surface area contributed by atoms with E-state index in [9.17, 15) is 8.42 Å². The lowest BCUT2D eigenvalue weighted by molar-refractivity contribution is 0.204. The molecule has 158 valence electrons. The first-order chi connectivity index (χ1) is 13.5. The number of rotatable bonds is 9. The molecule has 28 heavy (non-hydrogen) atoms. The molecule has 3 N–H and O–H groups in total. The van der Waals surface area contributed by atoms with Crippen molar-refractivity contribution < 1.29 is 13.2 Å². The third-order valence-corrected chi connectivity index (χ3v) is 6.65. The molecule has 1 aromatic carbocycles. The molecule has 0 aliphatic heterocycles. The number of hydrogen-bond acceptors (Lipinski definition) is 4. The molecule has 7 nitrogen and oxygen atoms in total. The van der Waals surface area contributed by atoms with Crippen molar-refractivity contribution in [2.45, 2.75) is 56.5 Å². The monoisotopic (exact) mass is 410 g/mol. The van der Waals surface area contributed by atoms with Crippen molar-refractivity contribution in [3.63, 3.8) is 0 Å². The number of sulfonamides is 1. The van der Waals surface area contributed by atoms with E-state index in [2.05, 4.69) is 27.3 Å². The van der Waals surface area contributed by atoms with Gasteiger partial charge in [-0.15, -0.1) is 0 Å². The summed E-state index contributed by atoms with van der Waals surface area (Å²) in [5.74, 6) is 1.55. The Balaban J connectivity index is 1.92. The van der Waals surface area contributed by atoms with Crippen molar-refractivity contribution in [2.24, 2.45) is 10.9 Å². The normalized spacial score (nSPS) is 20.8. The van der Waals surface area contributed by atoms with Gasteiger partial charge in [-0.05, 0) is 36.5 Å². The van der Waals surface area contributed by atoms with Gasteiger partial charge in [-0.1, -0.05) is 38.3 Å². The maximum atomic E-state index is 12.4. The Morgan fingerprint density at radius 2 is 2.14 bits per heavy atom. The molecule has 1 fully saturated rings. The van der Waals surface area contributed by atoms with E-state index in [1.807, 2.05) is 6.07 Å². The molecule has 2 unspecified atom stereocenters. The Kier molecular flexibility index (Phi) is 9.21. The van der Waals surface area contributed by atoms with E-state index >= 15 is 0 Å². The topological polar surface area (TPSA) is 91.8 Å². The fourth-order valence-electron chi connectivity index (χ4n) is 3.55. The quantitative estimate of drug-likeness (QED) is 0.330. The van der Waals surface area contributed by atoms with Crippen LogP contribution in [-0.4, -0.2) is 47.7 Å². The molecule has 0 aromatic heterocycles. The summed E-state index contributed by atoms with van der Waals surface area (Å²) in [6, 6.07) is 7.39. The zero-order valence-corrected chi connectivity index (χ0v) is 18.0. The van der Waals surface area contributed by atoms with Gasteiger partial charge in [0.25, 0.3) is 0 Å². The van der Waals surface area contributed by atoms with Crippen LogP contribution < -0.4 is 15.4 Å². The average Bonchev–Trinajstić information content (AvgIpc) is 2.71. The SMILES string of the molecule is CCC1CCCC(NC(=NC)NCc2cccc(S(=O)(=O)NCCOC)c2)C1. The maximum Gasteiger partial charge on any atom is 0.240 e. The highest BCUT2D eigenvalue weighted by Gasteiger charge is 2.21. The Bertz CT molecular complexity index is 737. The lowest BCUT2D eigenvalue weighted by Crippen LogP contribution is -2.45. The van der Waals surface area contributed by atoms with Gasteiger partial charge in [0.1, 0.15) is 0 Å². The molecule has 2 atom stereocenters. The van der Waals surface area contributed by atoms with Crippen molar-refractivity contribution >= 4 is 16.0 Å². The van der Waals surface area contributed by atoms with Gasteiger partial charge in [-0.2, -0.15) is 0 Å². The number of guanidine groups is 1. The molecule has 0 saturated heterocycles. The minimum absolute atomic E-state index is 0.248.